The summed E-state index contributed by atoms with van der Waals surface area (Å²) in [7, 11) is 1.77. The number of hydrogen-bond donors (Lipinski definition) is 0. The molecular weight excluding hydrogens is 392 g/mol. The van der Waals surface area contributed by atoms with Gasteiger partial charge in [-0.25, -0.2) is 4.79 Å². The lowest BCUT2D eigenvalue weighted by atomic mass is 9.96. The molecule has 6 nitrogen and oxygen atoms in total. The molecule has 0 spiro atoms. The molecule has 2 aromatic rings. The van der Waals surface area contributed by atoms with E-state index in [1.807, 2.05) is 25.7 Å². The molecule has 1 atom stereocenters. The number of carbonyl (C=O) groups excluding carboxylic acids is 2. The number of carbonyl (C=O) groups is 2. The third-order valence-electron chi connectivity index (χ3n) is 6.32. The lowest BCUT2D eigenvalue weighted by Gasteiger charge is -2.35. The van der Waals surface area contributed by atoms with Crippen LogP contribution in [0.5, 0.6) is 0 Å². The van der Waals surface area contributed by atoms with Gasteiger partial charge in [-0.3, -0.25) is 4.79 Å². The van der Waals surface area contributed by atoms with Gasteiger partial charge in [-0.1, -0.05) is 0 Å². The van der Waals surface area contributed by atoms with Crippen LogP contribution in [0.3, 0.4) is 0 Å². The summed E-state index contributed by atoms with van der Waals surface area (Å²) in [5.41, 5.74) is 4.13. The number of piperidine rings is 1. The van der Waals surface area contributed by atoms with Gasteiger partial charge in [0.15, 0.2) is 0 Å². The molecule has 1 aromatic carbocycles. The number of likely N-dealkylation sites (tertiary alicyclic amines) is 1. The lowest BCUT2D eigenvalue weighted by Crippen LogP contribution is -2.45. The van der Waals surface area contributed by atoms with E-state index in [9.17, 15) is 9.59 Å². The summed E-state index contributed by atoms with van der Waals surface area (Å²) in [6, 6.07) is 4.37. The molecular formula is C25H34N2O4. The fourth-order valence-electron chi connectivity index (χ4n) is 4.80. The number of fused-ring (bicyclic) bond motifs is 2. The van der Waals surface area contributed by atoms with Crippen LogP contribution in [-0.2, 0) is 28.8 Å². The van der Waals surface area contributed by atoms with Crippen molar-refractivity contribution in [3.63, 3.8) is 0 Å². The van der Waals surface area contributed by atoms with E-state index >= 15 is 0 Å². The average molecular weight is 427 g/mol. The molecule has 1 aromatic heterocycles. The van der Waals surface area contributed by atoms with Crippen molar-refractivity contribution in [3.05, 3.63) is 35.1 Å². The van der Waals surface area contributed by atoms with Crippen molar-refractivity contribution < 1.29 is 18.7 Å². The molecule has 0 saturated carbocycles. The van der Waals surface area contributed by atoms with Crippen molar-refractivity contribution in [2.45, 2.75) is 64.9 Å². The molecule has 1 fully saturated rings. The number of hydrogen-bond acceptors (Lipinski definition) is 4. The molecule has 31 heavy (non-hydrogen) atoms. The zero-order chi connectivity index (χ0) is 22.2. The minimum absolute atomic E-state index is 0.132. The van der Waals surface area contributed by atoms with Gasteiger partial charge in [0.2, 0.25) is 5.91 Å². The maximum absolute atomic E-state index is 13.1. The first-order valence-electron chi connectivity index (χ1n) is 11.4. The van der Waals surface area contributed by atoms with Crippen LogP contribution in [0.15, 0.2) is 22.8 Å². The van der Waals surface area contributed by atoms with E-state index in [4.69, 9.17) is 9.15 Å². The Morgan fingerprint density at radius 3 is 2.68 bits per heavy atom. The molecule has 1 aliphatic carbocycles. The Morgan fingerprint density at radius 2 is 1.94 bits per heavy atom. The third kappa shape index (κ3) is 5.05. The van der Waals surface area contributed by atoms with E-state index in [1.165, 1.54) is 17.5 Å². The lowest BCUT2D eigenvalue weighted by molar-refractivity contribution is -0.132. The first kappa shape index (κ1) is 21.7. The summed E-state index contributed by atoms with van der Waals surface area (Å²) in [5.74, 6) is 0.396. The standard InChI is InChI=1S/C25H34N2O4/c1-25(2,3)31-24(29)26(4)14-17-7-6-10-27(15-17)23(28)13-20-16-30-22-12-19-9-5-8-18(19)11-21(20)22/h11-12,16-17H,5-10,13-15H2,1-4H3. The van der Waals surface area contributed by atoms with E-state index in [1.54, 1.807) is 18.2 Å². The van der Waals surface area contributed by atoms with E-state index in [-0.39, 0.29) is 17.9 Å². The second kappa shape index (κ2) is 8.56. The zero-order valence-electron chi connectivity index (χ0n) is 19.2. The Morgan fingerprint density at radius 1 is 1.19 bits per heavy atom. The number of ether oxygens (including phenoxy) is 1. The van der Waals surface area contributed by atoms with E-state index < -0.39 is 5.60 Å². The highest BCUT2D eigenvalue weighted by molar-refractivity contribution is 5.88. The van der Waals surface area contributed by atoms with Gasteiger partial charge >= 0.3 is 6.09 Å². The molecule has 0 N–H and O–H groups in total. The van der Waals surface area contributed by atoms with Gasteiger partial charge in [-0.05, 0) is 82.1 Å². The second-order valence-corrected chi connectivity index (χ2v) is 10.1. The average Bonchev–Trinajstić information content (AvgIpc) is 3.31. The van der Waals surface area contributed by atoms with Crippen LogP contribution in [0.25, 0.3) is 11.0 Å². The molecule has 168 valence electrons. The molecule has 2 heterocycles. The molecule has 0 radical (unpaired) electrons. The van der Waals surface area contributed by atoms with Crippen LogP contribution in [-0.4, -0.2) is 54.1 Å². The van der Waals surface area contributed by atoms with Gasteiger partial charge in [-0.2, -0.15) is 0 Å². The molecule has 1 unspecified atom stereocenters. The van der Waals surface area contributed by atoms with Crippen molar-refractivity contribution >= 4 is 23.0 Å². The monoisotopic (exact) mass is 426 g/mol. The van der Waals surface area contributed by atoms with Gasteiger partial charge in [0.1, 0.15) is 11.2 Å². The number of nitrogens with zero attached hydrogens (tertiary/aromatic N) is 2. The largest absolute Gasteiger partial charge is 0.464 e. The Bertz CT molecular complexity index is 972. The summed E-state index contributed by atoms with van der Waals surface area (Å²) >= 11 is 0. The van der Waals surface area contributed by atoms with Crippen LogP contribution in [0, 0.1) is 5.92 Å². The van der Waals surface area contributed by atoms with Crippen molar-refractivity contribution in [1.82, 2.24) is 9.80 Å². The molecule has 2 amide bonds. The number of benzene rings is 1. The van der Waals surface area contributed by atoms with E-state index in [0.717, 1.165) is 48.8 Å². The Kier molecular flexibility index (Phi) is 6.00. The van der Waals surface area contributed by atoms with E-state index in [2.05, 4.69) is 12.1 Å². The normalized spacial score (nSPS) is 18.8. The highest BCUT2D eigenvalue weighted by atomic mass is 16.6. The van der Waals surface area contributed by atoms with Crippen LogP contribution >= 0.6 is 0 Å². The number of aryl methyl sites for hydroxylation is 2. The molecule has 2 aliphatic rings. The summed E-state index contributed by atoms with van der Waals surface area (Å²) in [6.45, 7) is 7.65. The van der Waals surface area contributed by atoms with Gasteiger partial charge in [0, 0.05) is 37.6 Å². The van der Waals surface area contributed by atoms with Crippen LogP contribution < -0.4 is 0 Å². The quantitative estimate of drug-likeness (QED) is 0.718. The topological polar surface area (TPSA) is 63.0 Å². The number of rotatable bonds is 4. The molecule has 6 heteroatoms. The third-order valence-corrected chi connectivity index (χ3v) is 6.32. The molecule has 1 saturated heterocycles. The zero-order valence-corrected chi connectivity index (χ0v) is 19.2. The summed E-state index contributed by atoms with van der Waals surface area (Å²) in [6.07, 6.45) is 7.19. The van der Waals surface area contributed by atoms with Crippen molar-refractivity contribution in [2.24, 2.45) is 5.92 Å². The fourth-order valence-corrected chi connectivity index (χ4v) is 4.80. The van der Waals surface area contributed by atoms with Crippen molar-refractivity contribution in [3.8, 4) is 0 Å². The van der Waals surface area contributed by atoms with Gasteiger partial charge in [0.05, 0.1) is 12.7 Å². The Balaban J connectivity index is 1.37. The Hall–Kier alpha value is -2.50. The first-order valence-corrected chi connectivity index (χ1v) is 11.4. The Labute approximate surface area is 184 Å². The summed E-state index contributed by atoms with van der Waals surface area (Å²) < 4.78 is 11.2. The van der Waals surface area contributed by atoms with Gasteiger partial charge < -0.3 is 19.0 Å². The van der Waals surface area contributed by atoms with Gasteiger partial charge in [0.25, 0.3) is 0 Å². The van der Waals surface area contributed by atoms with Gasteiger partial charge in [-0.15, -0.1) is 0 Å². The predicted molar refractivity (Wildman–Crippen MR) is 120 cm³/mol. The van der Waals surface area contributed by atoms with Crippen LogP contribution in [0.4, 0.5) is 4.79 Å². The van der Waals surface area contributed by atoms with Crippen molar-refractivity contribution in [2.75, 3.05) is 26.7 Å². The first-order chi connectivity index (χ1) is 14.7. The minimum Gasteiger partial charge on any atom is -0.464 e. The molecule has 0 bridgehead atoms. The predicted octanol–water partition coefficient (Wildman–Crippen LogP) is 4.57. The SMILES string of the molecule is CN(CC1CCCN(C(=O)Cc2coc3cc4c(cc23)CCC4)C1)C(=O)OC(C)(C)C. The highest BCUT2D eigenvalue weighted by Gasteiger charge is 2.28. The van der Waals surface area contributed by atoms with Crippen molar-refractivity contribution in [1.29, 1.82) is 0 Å². The maximum Gasteiger partial charge on any atom is 0.410 e. The van der Waals surface area contributed by atoms with E-state index in [0.29, 0.717) is 19.5 Å². The fraction of sp³-hybridized carbons (Fsp3) is 0.600. The van der Waals surface area contributed by atoms with Crippen LogP contribution in [0.1, 0.15) is 56.7 Å². The minimum atomic E-state index is -0.507. The maximum atomic E-state index is 13.1. The second-order valence-electron chi connectivity index (χ2n) is 10.1. The van der Waals surface area contributed by atoms with Crippen LogP contribution in [0.2, 0.25) is 0 Å². The summed E-state index contributed by atoms with van der Waals surface area (Å²) in [4.78, 5) is 28.9. The molecule has 4 rings (SSSR count). The highest BCUT2D eigenvalue weighted by Crippen LogP contribution is 2.31. The summed E-state index contributed by atoms with van der Waals surface area (Å²) in [5, 5.41) is 1.08. The number of furan rings is 1. The number of amides is 2. The smallest absolute Gasteiger partial charge is 0.410 e. The molecule has 1 aliphatic heterocycles.